The summed E-state index contributed by atoms with van der Waals surface area (Å²) >= 11 is 3.34. The van der Waals surface area contributed by atoms with Crippen molar-refractivity contribution in [1.29, 1.82) is 0 Å². The number of amides is 2. The van der Waals surface area contributed by atoms with Gasteiger partial charge in [0.15, 0.2) is 0 Å². The minimum atomic E-state index is 0.0306. The van der Waals surface area contributed by atoms with Crippen molar-refractivity contribution in [3.63, 3.8) is 0 Å². The third kappa shape index (κ3) is 6.19. The van der Waals surface area contributed by atoms with Crippen LogP contribution in [-0.2, 0) is 16.0 Å². The fourth-order valence-corrected chi connectivity index (χ4v) is 2.04. The van der Waals surface area contributed by atoms with Gasteiger partial charge in [-0.05, 0) is 30.5 Å². The lowest BCUT2D eigenvalue weighted by Gasteiger charge is -2.10. The smallest absolute Gasteiger partial charge is 0.226 e. The summed E-state index contributed by atoms with van der Waals surface area (Å²) in [5.74, 6) is 0.0969. The fourth-order valence-electron chi connectivity index (χ4n) is 1.64. The van der Waals surface area contributed by atoms with Gasteiger partial charge < -0.3 is 10.2 Å². The Bertz CT molecular complexity index is 444. The first-order chi connectivity index (χ1) is 9.52. The number of unbranched alkanes of at least 4 members (excludes halogenated alkanes) is 1. The Morgan fingerprint density at radius 3 is 2.35 bits per heavy atom. The molecule has 4 nitrogen and oxygen atoms in total. The molecule has 0 aromatic heterocycles. The van der Waals surface area contributed by atoms with E-state index in [0.717, 1.165) is 29.4 Å². The molecule has 0 aliphatic heterocycles. The quantitative estimate of drug-likeness (QED) is 0.612. The van der Waals surface area contributed by atoms with Gasteiger partial charge in [0.05, 0.1) is 6.42 Å². The van der Waals surface area contributed by atoms with Gasteiger partial charge in [0.1, 0.15) is 0 Å². The second-order valence-corrected chi connectivity index (χ2v) is 5.65. The molecule has 0 atom stereocenters. The molecule has 1 rings (SSSR count). The number of hydrogen-bond donors (Lipinski definition) is 1. The maximum absolute atomic E-state index is 11.7. The predicted molar refractivity (Wildman–Crippen MR) is 85.1 cm³/mol. The van der Waals surface area contributed by atoms with Gasteiger partial charge in [0.25, 0.3) is 0 Å². The first-order valence-electron chi connectivity index (χ1n) is 6.68. The van der Waals surface area contributed by atoms with E-state index in [1.54, 1.807) is 19.0 Å². The van der Waals surface area contributed by atoms with Crippen LogP contribution in [0, 0.1) is 0 Å². The zero-order valence-corrected chi connectivity index (χ0v) is 13.6. The number of carbonyl (C=O) groups excluding carboxylic acids is 2. The van der Waals surface area contributed by atoms with Crippen molar-refractivity contribution >= 4 is 33.4 Å². The van der Waals surface area contributed by atoms with Gasteiger partial charge >= 0.3 is 0 Å². The van der Waals surface area contributed by atoms with Crippen molar-refractivity contribution < 1.29 is 9.59 Å². The lowest BCUT2D eigenvalue weighted by Crippen LogP contribution is -2.23. The van der Waals surface area contributed by atoms with E-state index in [2.05, 4.69) is 21.2 Å². The first kappa shape index (κ1) is 16.7. The minimum Gasteiger partial charge on any atom is -0.349 e. The summed E-state index contributed by atoms with van der Waals surface area (Å²) in [5.41, 5.74) is 1.72. The van der Waals surface area contributed by atoms with Crippen LogP contribution in [0.5, 0.6) is 0 Å². The maximum Gasteiger partial charge on any atom is 0.226 e. The minimum absolute atomic E-state index is 0.0306. The number of benzene rings is 1. The average Bonchev–Trinajstić information content (AvgIpc) is 2.41. The highest BCUT2D eigenvalue weighted by Crippen LogP contribution is 2.11. The van der Waals surface area contributed by atoms with Crippen LogP contribution >= 0.6 is 15.9 Å². The van der Waals surface area contributed by atoms with Crippen molar-refractivity contribution in [2.75, 3.05) is 24.7 Å². The van der Waals surface area contributed by atoms with E-state index in [4.69, 9.17) is 0 Å². The van der Waals surface area contributed by atoms with Crippen molar-refractivity contribution in [3.05, 3.63) is 29.8 Å². The van der Waals surface area contributed by atoms with Crippen LogP contribution in [0.1, 0.15) is 24.8 Å². The molecule has 0 saturated carbocycles. The molecule has 0 radical (unpaired) electrons. The number of rotatable bonds is 7. The van der Waals surface area contributed by atoms with E-state index >= 15 is 0 Å². The van der Waals surface area contributed by atoms with Crippen LogP contribution in [0.3, 0.4) is 0 Å². The number of nitrogens with zero attached hydrogens (tertiary/aromatic N) is 1. The summed E-state index contributed by atoms with van der Waals surface area (Å²) in [6.45, 7) is 0. The van der Waals surface area contributed by atoms with Crippen LogP contribution in [0.4, 0.5) is 5.69 Å². The normalized spacial score (nSPS) is 10.2. The summed E-state index contributed by atoms with van der Waals surface area (Å²) in [5, 5.41) is 3.78. The first-order valence-corrected chi connectivity index (χ1v) is 7.80. The van der Waals surface area contributed by atoms with E-state index < -0.39 is 0 Å². The molecular formula is C15H21BrN2O2. The van der Waals surface area contributed by atoms with Gasteiger partial charge in [-0.15, -0.1) is 0 Å². The van der Waals surface area contributed by atoms with E-state index in [0.29, 0.717) is 12.8 Å². The third-order valence-electron chi connectivity index (χ3n) is 2.88. The standard InChI is InChI=1S/C15H21BrN2O2/c1-18(2)15(20)11-12-6-8-13(9-7-12)17-14(19)5-3-4-10-16/h6-9H,3-5,10-11H2,1-2H3,(H,17,19). The van der Waals surface area contributed by atoms with Crippen LogP contribution in [0.15, 0.2) is 24.3 Å². The second kappa shape index (κ2) is 8.74. The summed E-state index contributed by atoms with van der Waals surface area (Å²) in [4.78, 5) is 24.8. The van der Waals surface area contributed by atoms with Crippen molar-refractivity contribution in [2.45, 2.75) is 25.7 Å². The Morgan fingerprint density at radius 1 is 1.15 bits per heavy atom. The summed E-state index contributed by atoms with van der Waals surface area (Å²) < 4.78 is 0. The second-order valence-electron chi connectivity index (χ2n) is 4.86. The zero-order valence-electron chi connectivity index (χ0n) is 12.0. The van der Waals surface area contributed by atoms with Crippen LogP contribution < -0.4 is 5.32 Å². The number of alkyl halides is 1. The summed E-state index contributed by atoms with van der Waals surface area (Å²) in [6, 6.07) is 7.41. The molecule has 0 unspecified atom stereocenters. The number of hydrogen-bond acceptors (Lipinski definition) is 2. The van der Waals surface area contributed by atoms with Gasteiger partial charge in [-0.25, -0.2) is 0 Å². The SMILES string of the molecule is CN(C)C(=O)Cc1ccc(NC(=O)CCCCBr)cc1. The molecule has 5 heteroatoms. The Balaban J connectivity index is 2.46. The molecule has 1 aromatic rings. The summed E-state index contributed by atoms with van der Waals surface area (Å²) in [7, 11) is 3.48. The predicted octanol–water partition coefficient (Wildman–Crippen LogP) is 2.82. The van der Waals surface area contributed by atoms with Gasteiger partial charge in [-0.1, -0.05) is 28.1 Å². The molecule has 1 aromatic carbocycles. The molecule has 0 saturated heterocycles. The van der Waals surface area contributed by atoms with Gasteiger partial charge in [-0.3, -0.25) is 9.59 Å². The molecule has 0 bridgehead atoms. The lowest BCUT2D eigenvalue weighted by molar-refractivity contribution is -0.128. The monoisotopic (exact) mass is 340 g/mol. The number of halogens is 1. The Labute approximate surface area is 128 Å². The molecule has 0 spiro atoms. The molecule has 0 heterocycles. The molecule has 1 N–H and O–H groups in total. The molecule has 110 valence electrons. The Kier molecular flexibility index (Phi) is 7.30. The van der Waals surface area contributed by atoms with E-state index in [1.165, 1.54) is 0 Å². The largest absolute Gasteiger partial charge is 0.349 e. The number of nitrogens with one attached hydrogen (secondary N) is 1. The Morgan fingerprint density at radius 2 is 1.80 bits per heavy atom. The van der Waals surface area contributed by atoms with Crippen LogP contribution in [0.25, 0.3) is 0 Å². The highest BCUT2D eigenvalue weighted by Gasteiger charge is 2.06. The van der Waals surface area contributed by atoms with Gasteiger partial charge in [-0.2, -0.15) is 0 Å². The lowest BCUT2D eigenvalue weighted by atomic mass is 10.1. The Hall–Kier alpha value is -1.36. The van der Waals surface area contributed by atoms with Gasteiger partial charge in [0, 0.05) is 31.5 Å². The van der Waals surface area contributed by atoms with E-state index in [9.17, 15) is 9.59 Å². The zero-order chi connectivity index (χ0) is 15.0. The molecule has 20 heavy (non-hydrogen) atoms. The van der Waals surface area contributed by atoms with Crippen molar-refractivity contribution in [1.82, 2.24) is 4.90 Å². The topological polar surface area (TPSA) is 49.4 Å². The molecule has 0 aliphatic rings. The highest BCUT2D eigenvalue weighted by molar-refractivity contribution is 9.09. The van der Waals surface area contributed by atoms with E-state index in [1.807, 2.05) is 24.3 Å². The molecule has 0 aliphatic carbocycles. The number of carbonyl (C=O) groups is 2. The maximum atomic E-state index is 11.7. The molecule has 0 fully saturated rings. The number of anilines is 1. The molecular weight excluding hydrogens is 320 g/mol. The highest BCUT2D eigenvalue weighted by atomic mass is 79.9. The van der Waals surface area contributed by atoms with Gasteiger partial charge in [0.2, 0.25) is 11.8 Å². The van der Waals surface area contributed by atoms with Crippen molar-refractivity contribution in [2.24, 2.45) is 0 Å². The summed E-state index contributed by atoms with van der Waals surface area (Å²) in [6.07, 6.45) is 2.80. The molecule has 2 amide bonds. The van der Waals surface area contributed by atoms with E-state index in [-0.39, 0.29) is 11.8 Å². The average molecular weight is 341 g/mol. The van der Waals surface area contributed by atoms with Crippen LogP contribution in [-0.4, -0.2) is 36.1 Å². The van der Waals surface area contributed by atoms with Crippen LogP contribution in [0.2, 0.25) is 0 Å². The number of likely N-dealkylation sites (N-methyl/N-ethyl adjacent to an activating group) is 1. The fraction of sp³-hybridized carbons (Fsp3) is 0.467. The van der Waals surface area contributed by atoms with Crippen molar-refractivity contribution in [3.8, 4) is 0 Å². The third-order valence-corrected chi connectivity index (χ3v) is 3.44.